The van der Waals surface area contributed by atoms with Crippen LogP contribution in [0.15, 0.2) is 56.0 Å². The van der Waals surface area contributed by atoms with Gasteiger partial charge in [0.15, 0.2) is 0 Å². The van der Waals surface area contributed by atoms with Gasteiger partial charge in [0.25, 0.3) is 0 Å². The predicted molar refractivity (Wildman–Crippen MR) is 89.3 cm³/mol. The summed E-state index contributed by atoms with van der Waals surface area (Å²) in [5.74, 6) is 1.18. The summed E-state index contributed by atoms with van der Waals surface area (Å²) >= 11 is 3.83. The van der Waals surface area contributed by atoms with E-state index in [0.717, 1.165) is 0 Å². The normalized spacial score (nSPS) is 13.5. The predicted octanol–water partition coefficient (Wildman–Crippen LogP) is 6.55. The number of hydrogen-bond acceptors (Lipinski definition) is 2. The van der Waals surface area contributed by atoms with Crippen LogP contribution < -0.4 is 0 Å². The Balaban J connectivity index is 1.99. The molecule has 20 heavy (non-hydrogen) atoms. The van der Waals surface area contributed by atoms with Crippen molar-refractivity contribution in [1.82, 2.24) is 0 Å². The third-order valence-corrected chi connectivity index (χ3v) is 6.23. The quantitative estimate of drug-likeness (QED) is 0.526. The van der Waals surface area contributed by atoms with E-state index in [9.17, 15) is 0 Å². The van der Waals surface area contributed by atoms with E-state index in [1.165, 1.54) is 30.7 Å². The van der Waals surface area contributed by atoms with Crippen molar-refractivity contribution in [2.45, 2.75) is 59.1 Å². The Morgan fingerprint density at radius 2 is 1.00 bits per heavy atom. The molecule has 0 aromatic heterocycles. The van der Waals surface area contributed by atoms with Gasteiger partial charge in [-0.15, -0.1) is 0 Å². The van der Waals surface area contributed by atoms with Crippen LogP contribution in [0.5, 0.6) is 0 Å². The highest BCUT2D eigenvalue weighted by Crippen LogP contribution is 2.49. The maximum atomic E-state index is 2.36. The maximum Gasteiger partial charge on any atom is 0.0265 e. The molecular weight excluding hydrogens is 280 g/mol. The van der Waals surface area contributed by atoms with Gasteiger partial charge in [-0.1, -0.05) is 63.4 Å². The van der Waals surface area contributed by atoms with Gasteiger partial charge in [-0.05, 0) is 47.2 Å². The summed E-state index contributed by atoms with van der Waals surface area (Å²) in [7, 11) is 0. The smallest absolute Gasteiger partial charge is 0.0265 e. The van der Waals surface area contributed by atoms with Crippen molar-refractivity contribution < 1.29 is 0 Å². The second-order valence-corrected chi connectivity index (χ2v) is 8.09. The molecule has 104 valence electrons. The van der Waals surface area contributed by atoms with Crippen molar-refractivity contribution in [1.29, 1.82) is 0 Å². The van der Waals surface area contributed by atoms with E-state index in [4.69, 9.17) is 0 Å². The zero-order chi connectivity index (χ0) is 14.3. The van der Waals surface area contributed by atoms with Gasteiger partial charge in [0.2, 0.25) is 0 Å². The molecule has 1 heterocycles. The first-order valence-corrected chi connectivity index (χ1v) is 8.81. The van der Waals surface area contributed by atoms with Crippen LogP contribution in [-0.2, 0) is 0 Å². The van der Waals surface area contributed by atoms with Crippen molar-refractivity contribution in [2.24, 2.45) is 0 Å². The fourth-order valence-corrected chi connectivity index (χ4v) is 4.62. The molecule has 0 aliphatic carbocycles. The minimum atomic E-state index is 0.592. The van der Waals surface area contributed by atoms with Gasteiger partial charge in [-0.25, -0.2) is 0 Å². The molecule has 1 aliphatic heterocycles. The average Bonchev–Trinajstić information content (AvgIpc) is 2.43. The summed E-state index contributed by atoms with van der Waals surface area (Å²) in [4.78, 5) is 5.61. The van der Waals surface area contributed by atoms with Crippen LogP contribution >= 0.6 is 23.5 Å². The van der Waals surface area contributed by atoms with Crippen molar-refractivity contribution in [3.63, 3.8) is 0 Å². The Hall–Kier alpha value is -0.860. The summed E-state index contributed by atoms with van der Waals surface area (Å²) < 4.78 is 0. The van der Waals surface area contributed by atoms with Crippen molar-refractivity contribution in [2.75, 3.05) is 0 Å². The molecule has 0 nitrogen and oxygen atoms in total. The van der Waals surface area contributed by atoms with E-state index in [1.54, 1.807) is 0 Å². The summed E-state index contributed by atoms with van der Waals surface area (Å²) in [5.41, 5.74) is 2.86. The molecule has 0 unspecified atom stereocenters. The summed E-state index contributed by atoms with van der Waals surface area (Å²) in [5, 5.41) is 0. The molecule has 1 aliphatic rings. The van der Waals surface area contributed by atoms with Gasteiger partial charge in [0, 0.05) is 19.6 Å². The molecule has 0 bridgehead atoms. The van der Waals surface area contributed by atoms with Crippen molar-refractivity contribution in [3.05, 3.63) is 47.5 Å². The molecular formula is C18H20S2. The van der Waals surface area contributed by atoms with Gasteiger partial charge in [-0.3, -0.25) is 0 Å². The highest BCUT2D eigenvalue weighted by atomic mass is 32.2. The molecule has 2 aromatic carbocycles. The second kappa shape index (κ2) is 5.50. The van der Waals surface area contributed by atoms with Crippen LogP contribution in [0.2, 0.25) is 0 Å². The number of benzene rings is 2. The lowest BCUT2D eigenvalue weighted by Gasteiger charge is -2.21. The molecule has 2 aromatic rings. The lowest BCUT2D eigenvalue weighted by atomic mass is 10.0. The Morgan fingerprint density at radius 3 is 1.40 bits per heavy atom. The van der Waals surface area contributed by atoms with Gasteiger partial charge in [-0.2, -0.15) is 0 Å². The summed E-state index contributed by atoms with van der Waals surface area (Å²) in [6, 6.07) is 13.8. The van der Waals surface area contributed by atoms with E-state index in [1.807, 2.05) is 23.5 Å². The minimum Gasteiger partial charge on any atom is -0.0877 e. The lowest BCUT2D eigenvalue weighted by molar-refractivity contribution is 0.853. The Morgan fingerprint density at radius 1 is 0.600 bits per heavy atom. The first-order valence-electron chi connectivity index (χ1n) is 7.18. The number of hydrogen-bond donors (Lipinski definition) is 0. The molecule has 0 N–H and O–H groups in total. The van der Waals surface area contributed by atoms with E-state index in [0.29, 0.717) is 11.8 Å². The number of rotatable bonds is 2. The Bertz CT molecular complexity index is 586. The monoisotopic (exact) mass is 300 g/mol. The summed E-state index contributed by atoms with van der Waals surface area (Å²) in [6.07, 6.45) is 0. The third-order valence-electron chi connectivity index (χ3n) is 3.71. The summed E-state index contributed by atoms with van der Waals surface area (Å²) in [6.45, 7) is 9.03. The van der Waals surface area contributed by atoms with Crippen LogP contribution in [-0.4, -0.2) is 0 Å². The molecule has 0 atom stereocenters. The average molecular weight is 300 g/mol. The molecule has 0 saturated heterocycles. The van der Waals surface area contributed by atoms with Gasteiger partial charge >= 0.3 is 0 Å². The SMILES string of the molecule is CC(C)c1ccc2c(c1)Sc1cc(C(C)C)ccc1S2. The second-order valence-electron chi connectivity index (χ2n) is 5.93. The van der Waals surface area contributed by atoms with Crippen molar-refractivity contribution in [3.8, 4) is 0 Å². The fraction of sp³-hybridized carbons (Fsp3) is 0.333. The molecule has 0 radical (unpaired) electrons. The van der Waals surface area contributed by atoms with Gasteiger partial charge in [0.05, 0.1) is 0 Å². The van der Waals surface area contributed by atoms with Crippen LogP contribution in [0.1, 0.15) is 50.7 Å². The van der Waals surface area contributed by atoms with Crippen molar-refractivity contribution >= 4 is 23.5 Å². The number of fused-ring (bicyclic) bond motifs is 2. The molecule has 0 spiro atoms. The van der Waals surface area contributed by atoms with Gasteiger partial charge in [0.1, 0.15) is 0 Å². The van der Waals surface area contributed by atoms with Crippen LogP contribution in [0.4, 0.5) is 0 Å². The van der Waals surface area contributed by atoms with Crippen LogP contribution in [0.3, 0.4) is 0 Å². The highest BCUT2D eigenvalue weighted by molar-refractivity contribution is 8.05. The first kappa shape index (κ1) is 14.1. The minimum absolute atomic E-state index is 0.592. The fourth-order valence-electron chi connectivity index (χ4n) is 2.33. The first-order chi connectivity index (χ1) is 9.54. The zero-order valence-electron chi connectivity index (χ0n) is 12.4. The zero-order valence-corrected chi connectivity index (χ0v) is 14.1. The molecule has 0 amide bonds. The molecule has 3 rings (SSSR count). The maximum absolute atomic E-state index is 2.36. The highest BCUT2D eigenvalue weighted by Gasteiger charge is 2.18. The topological polar surface area (TPSA) is 0 Å². The Labute approximate surface area is 130 Å². The lowest BCUT2D eigenvalue weighted by Crippen LogP contribution is -1.95. The van der Waals surface area contributed by atoms with E-state index in [2.05, 4.69) is 64.1 Å². The largest absolute Gasteiger partial charge is 0.0877 e. The van der Waals surface area contributed by atoms with Gasteiger partial charge < -0.3 is 0 Å². The standard InChI is InChI=1S/C18H20S2/c1-11(2)13-5-7-15-17(9-13)20-18-10-14(12(3)4)6-8-16(18)19-15/h5-12H,1-4H3. The van der Waals surface area contributed by atoms with E-state index < -0.39 is 0 Å². The molecule has 0 fully saturated rings. The van der Waals surface area contributed by atoms with Crippen LogP contribution in [0, 0.1) is 0 Å². The molecule has 2 heteroatoms. The third kappa shape index (κ3) is 2.64. The van der Waals surface area contributed by atoms with E-state index in [-0.39, 0.29) is 0 Å². The van der Waals surface area contributed by atoms with Crippen LogP contribution in [0.25, 0.3) is 0 Å². The van der Waals surface area contributed by atoms with E-state index >= 15 is 0 Å². The molecule has 0 saturated carbocycles. The Kier molecular flexibility index (Phi) is 3.87.